The normalized spacial score (nSPS) is 29.3. The van der Waals surface area contributed by atoms with Gasteiger partial charge in [0, 0.05) is 35.7 Å². The van der Waals surface area contributed by atoms with Crippen LogP contribution in [0.1, 0.15) is 39.0 Å². The van der Waals surface area contributed by atoms with E-state index in [1.165, 1.54) is 37.7 Å². The van der Waals surface area contributed by atoms with Crippen molar-refractivity contribution in [3.63, 3.8) is 0 Å². The van der Waals surface area contributed by atoms with E-state index >= 15 is 0 Å². The van der Waals surface area contributed by atoms with Crippen LogP contribution in [0.25, 0.3) is 0 Å². The van der Waals surface area contributed by atoms with E-state index in [9.17, 15) is 9.59 Å². The quantitative estimate of drug-likeness (QED) is 0.793. The van der Waals surface area contributed by atoms with E-state index in [-0.39, 0.29) is 17.7 Å². The highest BCUT2D eigenvalue weighted by Crippen LogP contribution is 2.64. The van der Waals surface area contributed by atoms with Crippen molar-refractivity contribution in [3.8, 4) is 0 Å². The summed E-state index contributed by atoms with van der Waals surface area (Å²) in [4.78, 5) is 24.0. The summed E-state index contributed by atoms with van der Waals surface area (Å²) >= 11 is 4.36. The molecule has 0 aromatic heterocycles. The third-order valence-electron chi connectivity index (χ3n) is 5.96. The molecule has 1 heterocycles. The van der Waals surface area contributed by atoms with Crippen molar-refractivity contribution in [2.75, 3.05) is 22.1 Å². The minimum Gasteiger partial charge on any atom is -0.326 e. The number of hydrogen-bond acceptors (Lipinski definition) is 4. The maximum Gasteiger partial charge on any atom is 0.227 e. The Morgan fingerprint density at radius 2 is 1.50 bits per heavy atom. The van der Waals surface area contributed by atoms with Gasteiger partial charge < -0.3 is 10.6 Å². The van der Waals surface area contributed by atoms with Gasteiger partial charge in [-0.1, -0.05) is 6.42 Å². The van der Waals surface area contributed by atoms with Crippen molar-refractivity contribution in [3.05, 3.63) is 24.3 Å². The standard InChI is InChI=1S/C20H26N2O2S2/c1-13(23)21-17-5-7-18(8-6-17)22-19(24)14-11-15-3-2-4-16(12-14)20(15)25-9-10-26-20/h5-8,14-16H,2-4,9-12H2,1H3,(H,21,23)(H,22,24)/t15-,16-/m1/s1. The third kappa shape index (κ3) is 3.50. The number of carbonyl (C=O) groups excluding carboxylic acids is 2. The number of nitrogens with one attached hydrogen (secondary N) is 2. The summed E-state index contributed by atoms with van der Waals surface area (Å²) in [5.74, 6) is 4.12. The highest BCUT2D eigenvalue weighted by molar-refractivity contribution is 8.21. The molecule has 3 fully saturated rings. The second-order valence-corrected chi connectivity index (χ2v) is 10.7. The maximum absolute atomic E-state index is 12.9. The molecule has 2 aliphatic carbocycles. The van der Waals surface area contributed by atoms with Gasteiger partial charge in [-0.15, -0.1) is 23.5 Å². The Kier molecular flexibility index (Phi) is 5.24. The molecule has 2 bridgehead atoms. The Morgan fingerprint density at radius 1 is 0.962 bits per heavy atom. The van der Waals surface area contributed by atoms with Gasteiger partial charge in [-0.3, -0.25) is 9.59 Å². The molecule has 2 saturated carbocycles. The SMILES string of the molecule is CC(=O)Nc1ccc(NC(=O)C2C[C@H]3CCC[C@H](C2)C32SCCS2)cc1. The molecule has 0 unspecified atom stereocenters. The molecule has 1 saturated heterocycles. The zero-order valence-electron chi connectivity index (χ0n) is 15.1. The Bertz CT molecular complexity index is 670. The molecule has 2 N–H and O–H groups in total. The van der Waals surface area contributed by atoms with Crippen LogP contribution in [-0.2, 0) is 9.59 Å². The van der Waals surface area contributed by atoms with E-state index in [1.807, 2.05) is 24.3 Å². The molecule has 0 radical (unpaired) electrons. The van der Waals surface area contributed by atoms with Gasteiger partial charge in [0.15, 0.2) is 0 Å². The summed E-state index contributed by atoms with van der Waals surface area (Å²) in [6.45, 7) is 1.49. The molecule has 1 aliphatic heterocycles. The average molecular weight is 391 g/mol. The lowest BCUT2D eigenvalue weighted by Crippen LogP contribution is -2.48. The number of hydrogen-bond donors (Lipinski definition) is 2. The monoisotopic (exact) mass is 390 g/mol. The van der Waals surface area contributed by atoms with Crippen molar-refractivity contribution in [1.82, 2.24) is 0 Å². The number of carbonyl (C=O) groups is 2. The minimum atomic E-state index is -0.0906. The van der Waals surface area contributed by atoms with Gasteiger partial charge in [-0.05, 0) is 61.8 Å². The molecular weight excluding hydrogens is 364 g/mol. The van der Waals surface area contributed by atoms with Crippen LogP contribution in [0.4, 0.5) is 11.4 Å². The number of rotatable bonds is 3. The van der Waals surface area contributed by atoms with E-state index in [2.05, 4.69) is 34.2 Å². The summed E-state index contributed by atoms with van der Waals surface area (Å²) in [5.41, 5.74) is 1.55. The van der Waals surface area contributed by atoms with Crippen molar-refractivity contribution >= 4 is 46.7 Å². The third-order valence-corrected chi connectivity index (χ3v) is 9.98. The van der Waals surface area contributed by atoms with Crippen LogP contribution < -0.4 is 10.6 Å². The molecule has 4 rings (SSSR count). The van der Waals surface area contributed by atoms with Crippen molar-refractivity contribution in [2.45, 2.75) is 43.1 Å². The molecule has 2 amide bonds. The van der Waals surface area contributed by atoms with Crippen LogP contribution in [0.2, 0.25) is 0 Å². The number of anilines is 2. The van der Waals surface area contributed by atoms with E-state index in [4.69, 9.17) is 0 Å². The molecule has 1 aromatic rings. The number of thioether (sulfide) groups is 2. The largest absolute Gasteiger partial charge is 0.326 e. The summed E-state index contributed by atoms with van der Waals surface area (Å²) in [7, 11) is 0. The van der Waals surface area contributed by atoms with Gasteiger partial charge >= 0.3 is 0 Å². The van der Waals surface area contributed by atoms with Gasteiger partial charge in [0.25, 0.3) is 0 Å². The minimum absolute atomic E-state index is 0.0906. The zero-order chi connectivity index (χ0) is 18.1. The van der Waals surface area contributed by atoms with E-state index in [1.54, 1.807) is 0 Å². The van der Waals surface area contributed by atoms with Crippen LogP contribution >= 0.6 is 23.5 Å². The van der Waals surface area contributed by atoms with Crippen LogP contribution in [-0.4, -0.2) is 27.4 Å². The Balaban J connectivity index is 1.40. The molecule has 140 valence electrons. The lowest BCUT2D eigenvalue weighted by Gasteiger charge is -2.52. The molecule has 2 atom stereocenters. The Hall–Kier alpha value is -1.14. The van der Waals surface area contributed by atoms with Crippen molar-refractivity contribution in [2.24, 2.45) is 17.8 Å². The predicted molar refractivity (Wildman–Crippen MR) is 111 cm³/mol. The highest BCUT2D eigenvalue weighted by Gasteiger charge is 2.55. The summed E-state index contributed by atoms with van der Waals surface area (Å²) in [6, 6.07) is 7.37. The summed E-state index contributed by atoms with van der Waals surface area (Å²) < 4.78 is 0.412. The Labute approximate surface area is 163 Å². The van der Waals surface area contributed by atoms with E-state index in [0.717, 1.165) is 24.2 Å². The fourth-order valence-corrected chi connectivity index (χ4v) is 8.84. The van der Waals surface area contributed by atoms with Gasteiger partial charge in [0.05, 0.1) is 4.08 Å². The van der Waals surface area contributed by atoms with Gasteiger partial charge in [0.1, 0.15) is 0 Å². The molecule has 3 aliphatic rings. The second-order valence-electron chi connectivity index (χ2n) is 7.66. The summed E-state index contributed by atoms with van der Waals surface area (Å²) in [6.07, 6.45) is 5.97. The Morgan fingerprint density at radius 3 is 2.04 bits per heavy atom. The maximum atomic E-state index is 12.9. The molecule has 4 nitrogen and oxygen atoms in total. The first-order valence-electron chi connectivity index (χ1n) is 9.53. The van der Waals surface area contributed by atoms with E-state index < -0.39 is 0 Å². The number of amides is 2. The van der Waals surface area contributed by atoms with Gasteiger partial charge in [0.2, 0.25) is 11.8 Å². The smallest absolute Gasteiger partial charge is 0.227 e. The molecular formula is C20H26N2O2S2. The number of benzene rings is 1. The first kappa shape index (κ1) is 18.2. The lowest BCUT2D eigenvalue weighted by atomic mass is 9.67. The first-order chi connectivity index (χ1) is 12.6. The predicted octanol–water partition coefficient (Wildman–Crippen LogP) is 4.59. The van der Waals surface area contributed by atoms with Crippen LogP contribution in [0, 0.1) is 17.8 Å². The fraction of sp³-hybridized carbons (Fsp3) is 0.600. The van der Waals surface area contributed by atoms with Crippen LogP contribution in [0.3, 0.4) is 0 Å². The second kappa shape index (κ2) is 7.47. The average Bonchev–Trinajstić information content (AvgIpc) is 3.05. The van der Waals surface area contributed by atoms with Crippen molar-refractivity contribution < 1.29 is 9.59 Å². The molecule has 1 aromatic carbocycles. The summed E-state index contributed by atoms with van der Waals surface area (Å²) in [5, 5.41) is 5.84. The van der Waals surface area contributed by atoms with Crippen molar-refractivity contribution in [1.29, 1.82) is 0 Å². The zero-order valence-corrected chi connectivity index (χ0v) is 16.8. The molecule has 6 heteroatoms. The van der Waals surface area contributed by atoms with Gasteiger partial charge in [-0.2, -0.15) is 0 Å². The van der Waals surface area contributed by atoms with Gasteiger partial charge in [-0.25, -0.2) is 0 Å². The molecule has 26 heavy (non-hydrogen) atoms. The van der Waals surface area contributed by atoms with Crippen LogP contribution in [0.15, 0.2) is 24.3 Å². The first-order valence-corrected chi connectivity index (χ1v) is 11.5. The lowest BCUT2D eigenvalue weighted by molar-refractivity contribution is -0.122. The fourth-order valence-electron chi connectivity index (χ4n) is 4.91. The highest BCUT2D eigenvalue weighted by atomic mass is 32.2. The van der Waals surface area contributed by atoms with E-state index in [0.29, 0.717) is 15.9 Å². The topological polar surface area (TPSA) is 58.2 Å². The van der Waals surface area contributed by atoms with Crippen LogP contribution in [0.5, 0.6) is 0 Å². The molecule has 1 spiro atoms.